The Labute approximate surface area is 222 Å². The molecule has 36 heavy (non-hydrogen) atoms. The van der Waals surface area contributed by atoms with Gasteiger partial charge in [0.15, 0.2) is 0 Å². The first-order valence-electron chi connectivity index (χ1n) is 13.2. The maximum atomic E-state index is 13.7. The summed E-state index contributed by atoms with van der Waals surface area (Å²) >= 11 is 0. The lowest BCUT2D eigenvalue weighted by molar-refractivity contribution is -0.129. The first-order chi connectivity index (χ1) is 16.7. The molecule has 0 spiro atoms. The van der Waals surface area contributed by atoms with Crippen molar-refractivity contribution < 1.29 is 19.1 Å². The molecule has 2 heterocycles. The molecular weight excluding hydrogens is 480 g/mol. The predicted octanol–water partition coefficient (Wildman–Crippen LogP) is 3.92. The number of amides is 2. The molecule has 1 saturated carbocycles. The lowest BCUT2D eigenvalue weighted by atomic mass is 9.88. The van der Waals surface area contributed by atoms with Crippen LogP contribution in [0.4, 0.5) is 5.82 Å². The summed E-state index contributed by atoms with van der Waals surface area (Å²) in [5.74, 6) is 1.65. The van der Waals surface area contributed by atoms with Gasteiger partial charge in [-0.3, -0.25) is 14.5 Å². The van der Waals surface area contributed by atoms with Crippen molar-refractivity contribution in [3.8, 4) is 5.75 Å². The summed E-state index contributed by atoms with van der Waals surface area (Å²) in [5.41, 5.74) is 1.03. The number of carbonyl (C=O) groups is 2. The fourth-order valence-corrected chi connectivity index (χ4v) is 4.84. The average molecular weight is 525 g/mol. The minimum absolute atomic E-state index is 0. The number of methoxy groups -OCH3 is 1. The summed E-state index contributed by atoms with van der Waals surface area (Å²) in [6.45, 7) is 12.7. The second kappa shape index (κ2) is 14.1. The third-order valence-electron chi connectivity index (χ3n) is 6.81. The molecular formula is C27H45ClN4O4. The minimum atomic E-state index is -0.270. The number of pyridine rings is 1. The van der Waals surface area contributed by atoms with E-state index in [1.54, 1.807) is 7.11 Å². The van der Waals surface area contributed by atoms with E-state index in [9.17, 15) is 9.59 Å². The highest BCUT2D eigenvalue weighted by molar-refractivity contribution is 5.96. The molecule has 1 aromatic rings. The number of anilines is 1. The van der Waals surface area contributed by atoms with Crippen LogP contribution in [0.25, 0.3) is 0 Å². The topological polar surface area (TPSA) is 92.8 Å². The number of aromatic nitrogens is 1. The molecule has 0 radical (unpaired) electrons. The van der Waals surface area contributed by atoms with Crippen molar-refractivity contribution in [2.45, 2.75) is 78.3 Å². The number of nitrogens with one attached hydrogen (secondary N) is 2. The van der Waals surface area contributed by atoms with Gasteiger partial charge in [0, 0.05) is 43.6 Å². The molecule has 2 amide bonds. The normalized spacial score (nSPS) is 20.6. The second-order valence-corrected chi connectivity index (χ2v) is 10.7. The van der Waals surface area contributed by atoms with Gasteiger partial charge >= 0.3 is 0 Å². The first kappa shape index (κ1) is 30.3. The Balaban J connectivity index is 0.00000456. The molecule has 0 aromatic carbocycles. The highest BCUT2D eigenvalue weighted by atomic mass is 35.5. The number of rotatable bonds is 12. The van der Waals surface area contributed by atoms with Crippen LogP contribution in [0.15, 0.2) is 12.3 Å². The largest absolute Gasteiger partial charge is 0.496 e. The van der Waals surface area contributed by atoms with Crippen molar-refractivity contribution in [2.75, 3.05) is 38.3 Å². The molecule has 3 atom stereocenters. The number of piperidine rings is 1. The number of nitrogens with zero attached hydrogens (tertiary/aromatic N) is 2. The number of hydrogen-bond acceptors (Lipinski definition) is 6. The number of hydrogen-bond donors (Lipinski definition) is 2. The minimum Gasteiger partial charge on any atom is -0.496 e. The van der Waals surface area contributed by atoms with Crippen molar-refractivity contribution in [3.05, 3.63) is 17.8 Å². The predicted molar refractivity (Wildman–Crippen MR) is 145 cm³/mol. The lowest BCUT2D eigenvalue weighted by Crippen LogP contribution is -2.51. The Morgan fingerprint density at radius 2 is 1.89 bits per heavy atom. The van der Waals surface area contributed by atoms with Crippen LogP contribution in [0.3, 0.4) is 0 Å². The maximum absolute atomic E-state index is 13.7. The summed E-state index contributed by atoms with van der Waals surface area (Å²) in [4.78, 5) is 33.4. The van der Waals surface area contributed by atoms with E-state index >= 15 is 0 Å². The van der Waals surface area contributed by atoms with Crippen LogP contribution >= 0.6 is 12.4 Å². The molecule has 9 heteroatoms. The Hall–Kier alpha value is -1.90. The quantitative estimate of drug-likeness (QED) is 0.430. The summed E-state index contributed by atoms with van der Waals surface area (Å²) in [6.07, 6.45) is 5.17. The second-order valence-electron chi connectivity index (χ2n) is 10.7. The van der Waals surface area contributed by atoms with Crippen LogP contribution in [-0.4, -0.2) is 62.3 Å². The molecule has 1 aliphatic heterocycles. The van der Waals surface area contributed by atoms with Gasteiger partial charge in [-0.2, -0.15) is 0 Å². The van der Waals surface area contributed by atoms with Crippen LogP contribution in [0.5, 0.6) is 5.75 Å². The van der Waals surface area contributed by atoms with Gasteiger partial charge in [-0.25, -0.2) is 4.98 Å². The molecule has 3 rings (SSSR count). The Kier molecular flexibility index (Phi) is 11.9. The monoisotopic (exact) mass is 524 g/mol. The summed E-state index contributed by atoms with van der Waals surface area (Å²) in [6, 6.07) is 2.04. The third kappa shape index (κ3) is 8.05. The third-order valence-corrected chi connectivity index (χ3v) is 6.81. The molecule has 1 saturated heterocycles. The van der Waals surface area contributed by atoms with E-state index in [4.69, 9.17) is 9.47 Å². The summed E-state index contributed by atoms with van der Waals surface area (Å²) in [7, 11) is 1.65. The highest BCUT2D eigenvalue weighted by Gasteiger charge is 2.40. The smallest absolute Gasteiger partial charge is 0.232 e. The standard InChI is InChI=1S/C27H44N4O4.ClH/c1-7-35-16-21(10-17(2)3)30-26(32)19-11-20(14-28-13-19)27(33)31(22-8-9-22)25-12-24(34-6)23(15-29-25)18(4)5;/h12,15,17-22,28H,7-11,13-14,16H2,1-6H3,(H,30,32);1H/t19-,20+,21+;/m0./s1. The molecule has 0 bridgehead atoms. The van der Waals surface area contributed by atoms with Gasteiger partial charge in [0.2, 0.25) is 11.8 Å². The van der Waals surface area contributed by atoms with E-state index in [0.717, 1.165) is 30.6 Å². The molecule has 1 aromatic heterocycles. The Morgan fingerprint density at radius 1 is 1.19 bits per heavy atom. The van der Waals surface area contributed by atoms with Gasteiger partial charge in [0.25, 0.3) is 0 Å². The van der Waals surface area contributed by atoms with Crippen LogP contribution in [0.2, 0.25) is 0 Å². The van der Waals surface area contributed by atoms with E-state index in [1.807, 2.05) is 24.1 Å². The molecule has 204 valence electrons. The van der Waals surface area contributed by atoms with Crippen LogP contribution in [0.1, 0.15) is 71.8 Å². The van der Waals surface area contributed by atoms with Gasteiger partial charge in [-0.1, -0.05) is 27.7 Å². The van der Waals surface area contributed by atoms with E-state index in [-0.39, 0.29) is 54.1 Å². The highest BCUT2D eigenvalue weighted by Crippen LogP contribution is 2.36. The van der Waals surface area contributed by atoms with Gasteiger partial charge in [0.1, 0.15) is 11.6 Å². The van der Waals surface area contributed by atoms with Crippen molar-refractivity contribution in [3.63, 3.8) is 0 Å². The van der Waals surface area contributed by atoms with Gasteiger partial charge in [-0.15, -0.1) is 12.4 Å². The van der Waals surface area contributed by atoms with Gasteiger partial charge in [-0.05, 0) is 44.4 Å². The van der Waals surface area contributed by atoms with E-state index in [0.29, 0.717) is 44.5 Å². The number of halogens is 1. The zero-order valence-corrected chi connectivity index (χ0v) is 23.5. The fraction of sp³-hybridized carbons (Fsp3) is 0.741. The van der Waals surface area contributed by atoms with Crippen LogP contribution in [0, 0.1) is 17.8 Å². The molecule has 2 aliphatic rings. The number of ether oxygens (including phenoxy) is 2. The van der Waals surface area contributed by atoms with Crippen molar-refractivity contribution >= 4 is 30.0 Å². The summed E-state index contributed by atoms with van der Waals surface area (Å²) in [5, 5.41) is 6.51. The zero-order chi connectivity index (χ0) is 25.5. The van der Waals surface area contributed by atoms with Crippen LogP contribution in [-0.2, 0) is 14.3 Å². The Bertz CT molecular complexity index is 862. The van der Waals surface area contributed by atoms with Crippen molar-refractivity contribution in [1.29, 1.82) is 0 Å². The number of carbonyl (C=O) groups excluding carboxylic acids is 2. The maximum Gasteiger partial charge on any atom is 0.232 e. The van der Waals surface area contributed by atoms with Crippen molar-refractivity contribution in [2.24, 2.45) is 17.8 Å². The zero-order valence-electron chi connectivity index (χ0n) is 22.7. The molecule has 8 nitrogen and oxygen atoms in total. The van der Waals surface area contributed by atoms with Gasteiger partial charge in [0.05, 0.1) is 31.6 Å². The molecule has 2 fully saturated rings. The lowest BCUT2D eigenvalue weighted by Gasteiger charge is -2.33. The van der Waals surface area contributed by atoms with E-state index in [2.05, 4.69) is 43.3 Å². The average Bonchev–Trinajstić information content (AvgIpc) is 3.67. The van der Waals surface area contributed by atoms with Crippen molar-refractivity contribution in [1.82, 2.24) is 15.6 Å². The summed E-state index contributed by atoms with van der Waals surface area (Å²) < 4.78 is 11.2. The molecule has 0 unspecified atom stereocenters. The van der Waals surface area contributed by atoms with Crippen LogP contribution < -0.4 is 20.3 Å². The molecule has 2 N–H and O–H groups in total. The van der Waals surface area contributed by atoms with E-state index < -0.39 is 0 Å². The fourth-order valence-electron chi connectivity index (χ4n) is 4.84. The van der Waals surface area contributed by atoms with Gasteiger partial charge < -0.3 is 20.1 Å². The SMILES string of the molecule is CCOC[C@@H](CC(C)C)NC(=O)[C@@H]1CNC[C@H](C(=O)N(c2cc(OC)c(C(C)C)cn2)C2CC2)C1.Cl. The van der Waals surface area contributed by atoms with E-state index in [1.165, 1.54) is 0 Å². The molecule has 1 aliphatic carbocycles. The Morgan fingerprint density at radius 3 is 2.47 bits per heavy atom. The first-order valence-corrected chi connectivity index (χ1v) is 13.2.